The molecule has 1 aromatic rings. The fraction of sp³-hybridized carbons (Fsp3) is 0.625. The number of benzene rings is 1. The molecule has 1 fully saturated rings. The van der Waals surface area contributed by atoms with Crippen molar-refractivity contribution < 1.29 is 4.39 Å². The number of rotatable bonds is 5. The van der Waals surface area contributed by atoms with Gasteiger partial charge in [0.1, 0.15) is 5.82 Å². The van der Waals surface area contributed by atoms with Crippen LogP contribution in [0.4, 0.5) is 4.39 Å². The van der Waals surface area contributed by atoms with Crippen LogP contribution in [-0.2, 0) is 0 Å². The Balaban J connectivity index is 2.05. The molecule has 1 atom stereocenters. The fourth-order valence-electron chi connectivity index (χ4n) is 2.99. The smallest absolute Gasteiger partial charge is 0.129 e. The van der Waals surface area contributed by atoms with Crippen molar-refractivity contribution in [1.29, 1.82) is 0 Å². The largest absolute Gasteiger partial charge is 0.317 e. The molecule has 0 radical (unpaired) electrons. The van der Waals surface area contributed by atoms with Gasteiger partial charge >= 0.3 is 0 Å². The molecule has 0 aromatic heterocycles. The average molecular weight is 343 g/mol. The summed E-state index contributed by atoms with van der Waals surface area (Å²) in [5, 5.41) is 3.40. The highest BCUT2D eigenvalue weighted by atomic mass is 79.9. The second-order valence-electron chi connectivity index (χ2n) is 5.62. The highest BCUT2D eigenvalue weighted by Crippen LogP contribution is 2.27. The maximum atomic E-state index is 14.1. The predicted octanol–water partition coefficient (Wildman–Crippen LogP) is 3.97. The lowest BCUT2D eigenvalue weighted by Gasteiger charge is -2.33. The molecule has 1 heterocycles. The van der Waals surface area contributed by atoms with Gasteiger partial charge in [-0.05, 0) is 57.5 Å². The molecule has 4 heteroatoms. The first kappa shape index (κ1) is 15.9. The third kappa shape index (κ3) is 4.03. The van der Waals surface area contributed by atoms with E-state index < -0.39 is 0 Å². The van der Waals surface area contributed by atoms with Crippen molar-refractivity contribution in [3.05, 3.63) is 34.1 Å². The van der Waals surface area contributed by atoms with Crippen LogP contribution in [0.1, 0.15) is 38.3 Å². The van der Waals surface area contributed by atoms with Gasteiger partial charge in [-0.25, -0.2) is 4.39 Å². The molecular formula is C16H24BrFN2. The van der Waals surface area contributed by atoms with E-state index in [-0.39, 0.29) is 11.9 Å². The van der Waals surface area contributed by atoms with Crippen molar-refractivity contribution in [2.75, 3.05) is 26.2 Å². The summed E-state index contributed by atoms with van der Waals surface area (Å²) in [4.78, 5) is 2.39. The molecule has 0 saturated carbocycles. The molecule has 0 aliphatic carbocycles. The van der Waals surface area contributed by atoms with E-state index in [1.54, 1.807) is 6.07 Å². The van der Waals surface area contributed by atoms with E-state index in [0.717, 1.165) is 42.1 Å². The van der Waals surface area contributed by atoms with E-state index in [1.807, 2.05) is 12.1 Å². The Bertz CT molecular complexity index is 432. The SMILES string of the molecule is CCN(CC1CCNCC1)C(C)c1ccc(Br)cc1F. The number of nitrogens with zero attached hydrogens (tertiary/aromatic N) is 1. The van der Waals surface area contributed by atoms with Gasteiger partial charge in [-0.2, -0.15) is 0 Å². The normalized spacial score (nSPS) is 18.4. The topological polar surface area (TPSA) is 15.3 Å². The van der Waals surface area contributed by atoms with Crippen molar-refractivity contribution >= 4 is 15.9 Å². The second-order valence-corrected chi connectivity index (χ2v) is 6.54. The number of hydrogen-bond donors (Lipinski definition) is 1. The van der Waals surface area contributed by atoms with E-state index in [9.17, 15) is 4.39 Å². The van der Waals surface area contributed by atoms with Gasteiger partial charge < -0.3 is 5.32 Å². The van der Waals surface area contributed by atoms with Crippen molar-refractivity contribution in [2.45, 2.75) is 32.7 Å². The average Bonchev–Trinajstić information content (AvgIpc) is 2.45. The van der Waals surface area contributed by atoms with Gasteiger partial charge in [0.2, 0.25) is 0 Å². The summed E-state index contributed by atoms with van der Waals surface area (Å²) in [5.74, 6) is 0.618. The van der Waals surface area contributed by atoms with Crippen molar-refractivity contribution in [1.82, 2.24) is 10.2 Å². The van der Waals surface area contributed by atoms with Gasteiger partial charge in [-0.1, -0.05) is 28.9 Å². The maximum Gasteiger partial charge on any atom is 0.129 e. The minimum atomic E-state index is -0.115. The summed E-state index contributed by atoms with van der Waals surface area (Å²) < 4.78 is 14.9. The Labute approximate surface area is 129 Å². The van der Waals surface area contributed by atoms with Crippen LogP contribution in [0.5, 0.6) is 0 Å². The molecule has 1 aromatic carbocycles. The van der Waals surface area contributed by atoms with Crippen LogP contribution >= 0.6 is 15.9 Å². The fourth-order valence-corrected chi connectivity index (χ4v) is 3.33. The molecule has 2 rings (SSSR count). The van der Waals surface area contributed by atoms with Crippen LogP contribution in [0.15, 0.2) is 22.7 Å². The molecule has 2 nitrogen and oxygen atoms in total. The van der Waals surface area contributed by atoms with Gasteiger partial charge in [0.05, 0.1) is 0 Å². The van der Waals surface area contributed by atoms with E-state index in [0.29, 0.717) is 0 Å². The lowest BCUT2D eigenvalue weighted by molar-refractivity contribution is 0.166. The van der Waals surface area contributed by atoms with Gasteiger partial charge in [0.25, 0.3) is 0 Å². The zero-order valence-electron chi connectivity index (χ0n) is 12.3. The molecule has 1 saturated heterocycles. The first-order valence-corrected chi connectivity index (χ1v) is 8.30. The molecule has 112 valence electrons. The van der Waals surface area contributed by atoms with Crippen LogP contribution in [-0.4, -0.2) is 31.1 Å². The molecule has 1 N–H and O–H groups in total. The second kappa shape index (κ2) is 7.53. The Hall–Kier alpha value is -0.450. The summed E-state index contributed by atoms with van der Waals surface area (Å²) in [6, 6.07) is 5.51. The van der Waals surface area contributed by atoms with E-state index in [2.05, 4.69) is 40.0 Å². The van der Waals surface area contributed by atoms with Crippen molar-refractivity contribution in [3.8, 4) is 0 Å². The molecule has 0 spiro atoms. The first-order valence-electron chi connectivity index (χ1n) is 7.51. The van der Waals surface area contributed by atoms with Crippen LogP contribution in [0.25, 0.3) is 0 Å². The zero-order valence-corrected chi connectivity index (χ0v) is 13.9. The van der Waals surface area contributed by atoms with Crippen LogP contribution < -0.4 is 5.32 Å². The minimum absolute atomic E-state index is 0.115. The Morgan fingerprint density at radius 1 is 1.40 bits per heavy atom. The van der Waals surface area contributed by atoms with Crippen LogP contribution in [0.2, 0.25) is 0 Å². The molecule has 1 aliphatic heterocycles. The Morgan fingerprint density at radius 3 is 2.70 bits per heavy atom. The van der Waals surface area contributed by atoms with Crippen LogP contribution in [0.3, 0.4) is 0 Å². The maximum absolute atomic E-state index is 14.1. The van der Waals surface area contributed by atoms with Crippen molar-refractivity contribution in [2.24, 2.45) is 5.92 Å². The van der Waals surface area contributed by atoms with Gasteiger partial charge in [-0.3, -0.25) is 4.90 Å². The highest BCUT2D eigenvalue weighted by Gasteiger charge is 2.22. The lowest BCUT2D eigenvalue weighted by Crippen LogP contribution is -2.37. The van der Waals surface area contributed by atoms with Crippen LogP contribution in [0, 0.1) is 11.7 Å². The van der Waals surface area contributed by atoms with E-state index in [4.69, 9.17) is 0 Å². The number of piperidine rings is 1. The van der Waals surface area contributed by atoms with E-state index in [1.165, 1.54) is 12.8 Å². The predicted molar refractivity (Wildman–Crippen MR) is 85.4 cm³/mol. The monoisotopic (exact) mass is 342 g/mol. The number of nitrogens with one attached hydrogen (secondary N) is 1. The summed E-state index contributed by atoms with van der Waals surface area (Å²) >= 11 is 3.32. The molecular weight excluding hydrogens is 319 g/mol. The minimum Gasteiger partial charge on any atom is -0.317 e. The molecule has 20 heavy (non-hydrogen) atoms. The molecule has 1 unspecified atom stereocenters. The summed E-state index contributed by atoms with van der Waals surface area (Å²) in [5.41, 5.74) is 0.795. The van der Waals surface area contributed by atoms with Gasteiger partial charge in [0, 0.05) is 22.6 Å². The number of halogens is 2. The summed E-state index contributed by atoms with van der Waals surface area (Å²) in [6.07, 6.45) is 2.46. The Kier molecular flexibility index (Phi) is 6.00. The third-order valence-electron chi connectivity index (χ3n) is 4.32. The summed E-state index contributed by atoms with van der Waals surface area (Å²) in [6.45, 7) is 8.52. The highest BCUT2D eigenvalue weighted by molar-refractivity contribution is 9.10. The summed E-state index contributed by atoms with van der Waals surface area (Å²) in [7, 11) is 0. The van der Waals surface area contributed by atoms with Gasteiger partial charge in [0.15, 0.2) is 0 Å². The van der Waals surface area contributed by atoms with E-state index >= 15 is 0 Å². The lowest BCUT2D eigenvalue weighted by atomic mass is 9.96. The quantitative estimate of drug-likeness (QED) is 0.870. The van der Waals surface area contributed by atoms with Gasteiger partial charge in [-0.15, -0.1) is 0 Å². The zero-order chi connectivity index (χ0) is 14.5. The first-order chi connectivity index (χ1) is 9.61. The Morgan fingerprint density at radius 2 is 2.10 bits per heavy atom. The number of hydrogen-bond acceptors (Lipinski definition) is 2. The third-order valence-corrected chi connectivity index (χ3v) is 4.81. The molecule has 1 aliphatic rings. The molecule has 0 amide bonds. The standard InChI is InChI=1S/C16H24BrFN2/c1-3-20(11-13-6-8-19-9-7-13)12(2)15-5-4-14(17)10-16(15)18/h4-5,10,12-13,19H,3,6-9,11H2,1-2H3. The van der Waals surface area contributed by atoms with Crippen molar-refractivity contribution in [3.63, 3.8) is 0 Å². The molecule has 0 bridgehead atoms.